The van der Waals surface area contributed by atoms with E-state index in [1.165, 1.54) is 0 Å². The lowest BCUT2D eigenvalue weighted by Crippen LogP contribution is -2.53. The van der Waals surface area contributed by atoms with Crippen molar-refractivity contribution in [3.63, 3.8) is 0 Å². The summed E-state index contributed by atoms with van der Waals surface area (Å²) in [5.41, 5.74) is 0.277. The van der Waals surface area contributed by atoms with Crippen molar-refractivity contribution in [3.05, 3.63) is 47.0 Å². The van der Waals surface area contributed by atoms with Crippen molar-refractivity contribution in [2.75, 3.05) is 13.2 Å². The summed E-state index contributed by atoms with van der Waals surface area (Å²) in [5.74, 6) is -2.27. The summed E-state index contributed by atoms with van der Waals surface area (Å²) < 4.78 is 5.41. The highest BCUT2D eigenvalue weighted by Crippen LogP contribution is 2.45. The second kappa shape index (κ2) is 6.61. The number of ether oxygens (including phenoxy) is 1. The molecule has 1 aromatic carbocycles. The summed E-state index contributed by atoms with van der Waals surface area (Å²) >= 11 is 6.06. The first-order valence-electron chi connectivity index (χ1n) is 8.11. The quantitative estimate of drug-likeness (QED) is 0.620. The average Bonchev–Trinajstić information content (AvgIpc) is 2.59. The van der Waals surface area contributed by atoms with Crippen molar-refractivity contribution >= 4 is 29.0 Å². The lowest BCUT2D eigenvalue weighted by Gasteiger charge is -2.42. The molecule has 1 fully saturated rings. The molecule has 1 aromatic rings. The lowest BCUT2D eigenvalue weighted by atomic mass is 9.60. The smallest absolute Gasteiger partial charge is 0.181 e. The predicted octanol–water partition coefficient (Wildman–Crippen LogP) is 3.31. The van der Waals surface area contributed by atoms with Crippen molar-refractivity contribution in [1.29, 1.82) is 0 Å². The van der Waals surface area contributed by atoms with Gasteiger partial charge in [-0.1, -0.05) is 23.7 Å². The van der Waals surface area contributed by atoms with E-state index in [1.807, 2.05) is 0 Å². The number of carbonyl (C=O) groups excluding carboxylic acids is 3. The number of rotatable bonds is 4. The molecule has 0 radical (unpaired) electrons. The Labute approximate surface area is 145 Å². The maximum atomic E-state index is 13.2. The van der Waals surface area contributed by atoms with Crippen LogP contribution in [0.5, 0.6) is 0 Å². The minimum Gasteiger partial charge on any atom is -0.381 e. The van der Waals surface area contributed by atoms with Crippen molar-refractivity contribution in [2.45, 2.75) is 31.1 Å². The molecule has 4 nitrogen and oxygen atoms in total. The number of benzene rings is 1. The molecule has 0 N–H and O–H groups in total. The Morgan fingerprint density at radius 2 is 2.04 bits per heavy atom. The molecule has 3 rings (SSSR count). The second-order valence-electron chi connectivity index (χ2n) is 6.34. The van der Waals surface area contributed by atoms with Gasteiger partial charge in [0, 0.05) is 30.2 Å². The van der Waals surface area contributed by atoms with Gasteiger partial charge in [-0.2, -0.15) is 0 Å². The minimum atomic E-state index is -1.23. The number of hydrogen-bond acceptors (Lipinski definition) is 4. The first-order valence-corrected chi connectivity index (χ1v) is 8.49. The Morgan fingerprint density at radius 1 is 1.33 bits per heavy atom. The van der Waals surface area contributed by atoms with Crippen LogP contribution < -0.4 is 0 Å². The first-order chi connectivity index (χ1) is 11.5. The predicted molar refractivity (Wildman–Crippen MR) is 90.4 cm³/mol. The van der Waals surface area contributed by atoms with Crippen molar-refractivity contribution < 1.29 is 19.1 Å². The molecule has 1 heterocycles. The standard InChI is InChI=1S/C19H19ClO4/c1-2-3-4-15(21)16-17(22)13-11-12(20)5-6-14(13)19(18(16)23)7-9-24-10-8-19/h2,5-6,11,16H,1,3-4,7-10H2. The van der Waals surface area contributed by atoms with Gasteiger partial charge in [0.15, 0.2) is 17.3 Å². The molecule has 0 saturated carbocycles. The maximum absolute atomic E-state index is 13.2. The minimum absolute atomic E-state index is 0.147. The number of fused-ring (bicyclic) bond motifs is 2. The summed E-state index contributed by atoms with van der Waals surface area (Å²) in [6.07, 6.45) is 3.19. The Morgan fingerprint density at radius 3 is 2.71 bits per heavy atom. The number of allylic oxidation sites excluding steroid dienone is 1. The molecule has 1 spiro atoms. The average molecular weight is 347 g/mol. The zero-order valence-electron chi connectivity index (χ0n) is 13.3. The van der Waals surface area contributed by atoms with Crippen LogP contribution in [0.4, 0.5) is 0 Å². The second-order valence-corrected chi connectivity index (χ2v) is 6.78. The molecule has 0 bridgehead atoms. The zero-order valence-corrected chi connectivity index (χ0v) is 14.1. The molecular weight excluding hydrogens is 328 g/mol. The Balaban J connectivity index is 2.12. The molecule has 0 amide bonds. The number of ketones is 3. The van der Waals surface area contributed by atoms with Gasteiger partial charge in [0.25, 0.3) is 0 Å². The van der Waals surface area contributed by atoms with Crippen LogP contribution in [0.25, 0.3) is 0 Å². The van der Waals surface area contributed by atoms with Gasteiger partial charge < -0.3 is 4.74 Å². The molecule has 126 valence electrons. The third-order valence-corrected chi connectivity index (χ3v) is 5.26. The highest BCUT2D eigenvalue weighted by Gasteiger charge is 2.54. The van der Waals surface area contributed by atoms with Crippen molar-refractivity contribution in [2.24, 2.45) is 5.92 Å². The monoisotopic (exact) mass is 346 g/mol. The van der Waals surface area contributed by atoms with Gasteiger partial charge in [0.2, 0.25) is 0 Å². The number of Topliss-reactive ketones (excluding diaryl/α,β-unsaturated/α-hetero) is 3. The van der Waals surface area contributed by atoms with Crippen LogP contribution in [0, 0.1) is 5.92 Å². The zero-order chi connectivity index (χ0) is 17.3. The normalized spacial score (nSPS) is 22.3. The van der Waals surface area contributed by atoms with Crippen molar-refractivity contribution in [1.82, 2.24) is 0 Å². The van der Waals surface area contributed by atoms with Gasteiger partial charge in [-0.05, 0) is 37.0 Å². The maximum Gasteiger partial charge on any atom is 0.181 e. The van der Waals surface area contributed by atoms with E-state index in [-0.39, 0.29) is 18.0 Å². The van der Waals surface area contributed by atoms with Crippen LogP contribution in [0.3, 0.4) is 0 Å². The van der Waals surface area contributed by atoms with E-state index in [9.17, 15) is 14.4 Å². The fourth-order valence-corrected chi connectivity index (χ4v) is 3.91. The van der Waals surface area contributed by atoms with Crippen LogP contribution in [0.1, 0.15) is 41.6 Å². The van der Waals surface area contributed by atoms with E-state index in [0.717, 1.165) is 0 Å². The molecule has 1 saturated heterocycles. The highest BCUT2D eigenvalue weighted by molar-refractivity contribution is 6.33. The summed E-state index contributed by atoms with van der Waals surface area (Å²) in [4.78, 5) is 38.6. The number of hydrogen-bond donors (Lipinski definition) is 0. The fourth-order valence-electron chi connectivity index (χ4n) is 3.74. The molecule has 1 unspecified atom stereocenters. The van der Waals surface area contributed by atoms with E-state index in [1.54, 1.807) is 24.3 Å². The lowest BCUT2D eigenvalue weighted by molar-refractivity contribution is -0.137. The molecular formula is C19H19ClO4. The molecule has 24 heavy (non-hydrogen) atoms. The largest absolute Gasteiger partial charge is 0.381 e. The first kappa shape index (κ1) is 17.1. The summed E-state index contributed by atoms with van der Waals surface area (Å²) in [7, 11) is 0. The molecule has 0 aromatic heterocycles. The van der Waals surface area contributed by atoms with Gasteiger partial charge in [-0.15, -0.1) is 6.58 Å². The molecule has 5 heteroatoms. The van der Waals surface area contributed by atoms with Crippen molar-refractivity contribution in [3.8, 4) is 0 Å². The van der Waals surface area contributed by atoms with E-state index in [0.29, 0.717) is 48.6 Å². The topological polar surface area (TPSA) is 60.4 Å². The Kier molecular flexibility index (Phi) is 4.70. The summed E-state index contributed by atoms with van der Waals surface area (Å²) in [6.45, 7) is 4.47. The van der Waals surface area contributed by atoms with Gasteiger partial charge >= 0.3 is 0 Å². The van der Waals surface area contributed by atoms with Crippen LogP contribution in [0.2, 0.25) is 5.02 Å². The Hall–Kier alpha value is -1.78. The number of carbonyl (C=O) groups is 3. The highest BCUT2D eigenvalue weighted by atomic mass is 35.5. The van der Waals surface area contributed by atoms with Gasteiger partial charge in [0.1, 0.15) is 5.92 Å². The number of halogens is 1. The van der Waals surface area contributed by atoms with E-state index in [2.05, 4.69) is 6.58 Å². The molecule has 1 aliphatic heterocycles. The Bertz CT molecular complexity index is 716. The van der Waals surface area contributed by atoms with Crippen LogP contribution >= 0.6 is 11.6 Å². The van der Waals surface area contributed by atoms with E-state index >= 15 is 0 Å². The van der Waals surface area contributed by atoms with E-state index < -0.39 is 17.1 Å². The molecule has 2 aliphatic rings. The van der Waals surface area contributed by atoms with E-state index in [4.69, 9.17) is 16.3 Å². The third-order valence-electron chi connectivity index (χ3n) is 5.02. The SMILES string of the molecule is C=CCCC(=O)C1C(=O)c2cc(Cl)ccc2C2(CCOCC2)C1=O. The summed E-state index contributed by atoms with van der Waals surface area (Å²) in [5, 5.41) is 0.427. The van der Waals surface area contributed by atoms with Crippen LogP contribution in [-0.4, -0.2) is 30.6 Å². The third kappa shape index (κ3) is 2.64. The van der Waals surface area contributed by atoms with Gasteiger partial charge in [-0.25, -0.2) is 0 Å². The van der Waals surface area contributed by atoms with Gasteiger partial charge in [-0.3, -0.25) is 14.4 Å². The van der Waals surface area contributed by atoms with Crippen LogP contribution in [0.15, 0.2) is 30.9 Å². The van der Waals surface area contributed by atoms with Crippen LogP contribution in [-0.2, 0) is 19.7 Å². The van der Waals surface area contributed by atoms with Gasteiger partial charge in [0.05, 0.1) is 5.41 Å². The fraction of sp³-hybridized carbons (Fsp3) is 0.421. The molecule has 1 aliphatic carbocycles. The summed E-state index contributed by atoms with van der Waals surface area (Å²) in [6, 6.07) is 5.03. The molecule has 1 atom stereocenters.